The third kappa shape index (κ3) is 12.6. The van der Waals surface area contributed by atoms with Crippen molar-refractivity contribution in [1.29, 1.82) is 0 Å². The highest BCUT2D eigenvalue weighted by atomic mass is 79.9. The minimum Gasteiger partial charge on any atom is -0.507 e. The fourth-order valence-electron chi connectivity index (χ4n) is 1.82. The molecule has 33 heavy (non-hydrogen) atoms. The Labute approximate surface area is 220 Å². The number of halogens is 3. The molecule has 0 saturated carbocycles. The zero-order chi connectivity index (χ0) is 25.6. The first kappa shape index (κ1) is 30.9. The number of rotatable bonds is 6. The standard InChI is InChI=1S/C12H13BrO3.C8H7BrO3.C4H7Br/c1-8(2)7-16-11-5-4-9(6-10(11)13)12(14)15-3;1-12-8(11)5-2-3-7(10)6(9)4-5;1-4(2)3-5/h4-6H,1,7H2,2-3H3;2-4,10H,1H3;1,3H2,2H3. The largest absolute Gasteiger partial charge is 0.507 e. The lowest BCUT2D eigenvalue weighted by molar-refractivity contribution is 0.0591. The molecule has 0 aliphatic heterocycles. The van der Waals surface area contributed by atoms with Gasteiger partial charge in [-0.3, -0.25) is 0 Å². The van der Waals surface area contributed by atoms with Crippen molar-refractivity contribution in [2.75, 3.05) is 26.2 Å². The van der Waals surface area contributed by atoms with Crippen LogP contribution in [0.1, 0.15) is 34.6 Å². The summed E-state index contributed by atoms with van der Waals surface area (Å²) in [6.07, 6.45) is 0. The summed E-state index contributed by atoms with van der Waals surface area (Å²) in [5, 5.41) is 10.0. The van der Waals surface area contributed by atoms with E-state index in [1.807, 2.05) is 13.8 Å². The fourth-order valence-corrected chi connectivity index (χ4v) is 2.69. The number of methoxy groups -OCH3 is 2. The second kappa shape index (κ2) is 16.5. The molecule has 0 aliphatic carbocycles. The van der Waals surface area contributed by atoms with Crippen molar-refractivity contribution in [2.24, 2.45) is 0 Å². The summed E-state index contributed by atoms with van der Waals surface area (Å²) in [5.74, 6) is -0.0128. The number of carbonyl (C=O) groups is 2. The van der Waals surface area contributed by atoms with Crippen molar-refractivity contribution in [3.63, 3.8) is 0 Å². The number of phenols is 1. The second-order valence-corrected chi connectivity index (χ2v) is 8.90. The molecule has 0 fully saturated rings. The van der Waals surface area contributed by atoms with Crippen LogP contribution >= 0.6 is 47.8 Å². The SMILES string of the molecule is C=C(C)CBr.C=C(C)COc1ccc(C(=O)OC)cc1Br.COC(=O)c1ccc(O)c(Br)c1. The van der Waals surface area contributed by atoms with Crippen LogP contribution in [0.3, 0.4) is 0 Å². The van der Waals surface area contributed by atoms with E-state index in [4.69, 9.17) is 9.84 Å². The molecule has 2 aromatic rings. The van der Waals surface area contributed by atoms with Gasteiger partial charge in [0, 0.05) is 5.33 Å². The Morgan fingerprint density at radius 1 is 0.879 bits per heavy atom. The highest BCUT2D eigenvalue weighted by Gasteiger charge is 2.09. The van der Waals surface area contributed by atoms with Crippen LogP contribution in [0, 0.1) is 0 Å². The number of alkyl halides is 1. The highest BCUT2D eigenvalue weighted by molar-refractivity contribution is 9.11. The number of benzene rings is 2. The summed E-state index contributed by atoms with van der Waals surface area (Å²) >= 11 is 9.63. The first-order valence-corrected chi connectivity index (χ1v) is 12.1. The molecule has 2 aromatic carbocycles. The summed E-state index contributed by atoms with van der Waals surface area (Å²) in [7, 11) is 2.66. The minimum absolute atomic E-state index is 0.0997. The molecule has 0 amide bonds. The fraction of sp³-hybridized carbons (Fsp3) is 0.250. The van der Waals surface area contributed by atoms with Gasteiger partial charge < -0.3 is 19.3 Å². The maximum absolute atomic E-state index is 11.2. The number of ether oxygens (including phenoxy) is 3. The van der Waals surface area contributed by atoms with Gasteiger partial charge in [0.2, 0.25) is 0 Å². The maximum atomic E-state index is 11.2. The van der Waals surface area contributed by atoms with Crippen LogP contribution in [0.2, 0.25) is 0 Å². The van der Waals surface area contributed by atoms with Gasteiger partial charge in [0.25, 0.3) is 0 Å². The molecular weight excluding hydrogens is 624 g/mol. The molecule has 9 heteroatoms. The summed E-state index contributed by atoms with van der Waals surface area (Å²) in [4.78, 5) is 22.2. The average Bonchev–Trinajstić information content (AvgIpc) is 2.79. The topological polar surface area (TPSA) is 82.1 Å². The minimum atomic E-state index is -0.421. The van der Waals surface area contributed by atoms with Crippen LogP contribution in [0.5, 0.6) is 11.5 Å². The number of carbonyl (C=O) groups excluding carboxylic acids is 2. The van der Waals surface area contributed by atoms with E-state index in [1.165, 1.54) is 38.0 Å². The third-order valence-corrected chi connectivity index (χ3v) is 5.64. The number of allylic oxidation sites excluding steroid dienone is 1. The van der Waals surface area contributed by atoms with E-state index in [-0.39, 0.29) is 11.7 Å². The Balaban J connectivity index is 0.000000530. The molecule has 0 radical (unpaired) electrons. The predicted octanol–water partition coefficient (Wildman–Crippen LogP) is 7.09. The molecule has 0 aromatic heterocycles. The number of aromatic hydroxyl groups is 1. The van der Waals surface area contributed by atoms with E-state index in [0.29, 0.717) is 28.0 Å². The summed E-state index contributed by atoms with van der Waals surface area (Å²) < 4.78 is 15.8. The van der Waals surface area contributed by atoms with Gasteiger partial charge in [-0.2, -0.15) is 0 Å². The van der Waals surface area contributed by atoms with Crippen molar-refractivity contribution >= 4 is 59.7 Å². The zero-order valence-corrected chi connectivity index (χ0v) is 23.7. The molecule has 0 aliphatic rings. The number of hydrogen-bond donors (Lipinski definition) is 1. The molecule has 0 saturated heterocycles. The Hall–Kier alpha value is -2.10. The van der Waals surface area contributed by atoms with Crippen LogP contribution in [-0.4, -0.2) is 43.2 Å². The van der Waals surface area contributed by atoms with Crippen LogP contribution in [-0.2, 0) is 9.47 Å². The molecule has 6 nitrogen and oxygen atoms in total. The van der Waals surface area contributed by atoms with E-state index in [0.717, 1.165) is 15.4 Å². The van der Waals surface area contributed by atoms with E-state index < -0.39 is 5.97 Å². The van der Waals surface area contributed by atoms with Gasteiger partial charge in [0.05, 0.1) is 34.3 Å². The normalized spacial score (nSPS) is 9.30. The van der Waals surface area contributed by atoms with Crippen molar-refractivity contribution in [1.82, 2.24) is 0 Å². The summed E-state index contributed by atoms with van der Waals surface area (Å²) in [6.45, 7) is 11.7. The summed E-state index contributed by atoms with van der Waals surface area (Å²) in [6, 6.07) is 9.46. The van der Waals surface area contributed by atoms with Gasteiger partial charge in [-0.05, 0) is 87.7 Å². The van der Waals surface area contributed by atoms with Crippen LogP contribution < -0.4 is 4.74 Å². The third-order valence-electron chi connectivity index (χ3n) is 3.42. The van der Waals surface area contributed by atoms with Gasteiger partial charge in [0.1, 0.15) is 18.1 Å². The van der Waals surface area contributed by atoms with Crippen LogP contribution in [0.4, 0.5) is 0 Å². The second-order valence-electron chi connectivity index (χ2n) is 6.63. The van der Waals surface area contributed by atoms with E-state index in [2.05, 4.69) is 70.4 Å². The van der Waals surface area contributed by atoms with Crippen molar-refractivity contribution in [3.8, 4) is 11.5 Å². The molecular formula is C24H27Br3O6. The number of hydrogen-bond acceptors (Lipinski definition) is 6. The molecule has 0 bridgehead atoms. The summed E-state index contributed by atoms with van der Waals surface area (Å²) in [5.41, 5.74) is 2.99. The van der Waals surface area contributed by atoms with Crippen LogP contribution in [0.25, 0.3) is 0 Å². The van der Waals surface area contributed by atoms with Gasteiger partial charge in [-0.15, -0.1) is 0 Å². The Morgan fingerprint density at radius 3 is 1.70 bits per heavy atom. The monoisotopic (exact) mass is 648 g/mol. The molecule has 180 valence electrons. The van der Waals surface area contributed by atoms with Crippen LogP contribution in [0.15, 0.2) is 69.6 Å². The first-order valence-electron chi connectivity index (χ1n) is 9.38. The Kier molecular flexibility index (Phi) is 15.5. The van der Waals surface area contributed by atoms with Crippen molar-refractivity contribution in [3.05, 3.63) is 80.8 Å². The number of phenolic OH excluding ortho intramolecular Hbond substituents is 1. The smallest absolute Gasteiger partial charge is 0.337 e. The van der Waals surface area contributed by atoms with Crippen molar-refractivity contribution < 1.29 is 28.9 Å². The average molecular weight is 651 g/mol. The molecule has 0 atom stereocenters. The van der Waals surface area contributed by atoms with Gasteiger partial charge in [-0.25, -0.2) is 9.59 Å². The lowest BCUT2D eigenvalue weighted by Crippen LogP contribution is -2.02. The molecule has 0 heterocycles. The lowest BCUT2D eigenvalue weighted by Gasteiger charge is -2.08. The Bertz CT molecular complexity index is 973. The van der Waals surface area contributed by atoms with Gasteiger partial charge in [0.15, 0.2) is 0 Å². The molecule has 0 unspecified atom stereocenters. The van der Waals surface area contributed by atoms with Gasteiger partial charge >= 0.3 is 11.9 Å². The number of esters is 2. The van der Waals surface area contributed by atoms with E-state index >= 15 is 0 Å². The first-order chi connectivity index (χ1) is 15.5. The lowest BCUT2D eigenvalue weighted by atomic mass is 10.2. The van der Waals surface area contributed by atoms with Gasteiger partial charge in [-0.1, -0.05) is 34.7 Å². The van der Waals surface area contributed by atoms with E-state index in [9.17, 15) is 9.59 Å². The van der Waals surface area contributed by atoms with E-state index in [1.54, 1.807) is 18.2 Å². The predicted molar refractivity (Wildman–Crippen MR) is 142 cm³/mol. The quantitative estimate of drug-likeness (QED) is 0.204. The zero-order valence-electron chi connectivity index (χ0n) is 18.9. The maximum Gasteiger partial charge on any atom is 0.337 e. The Morgan fingerprint density at radius 2 is 1.33 bits per heavy atom. The highest BCUT2D eigenvalue weighted by Crippen LogP contribution is 2.26. The molecule has 1 N–H and O–H groups in total. The molecule has 2 rings (SSSR count). The van der Waals surface area contributed by atoms with Crippen molar-refractivity contribution in [2.45, 2.75) is 13.8 Å². The molecule has 0 spiro atoms.